The summed E-state index contributed by atoms with van der Waals surface area (Å²) < 4.78 is 38.0. The van der Waals surface area contributed by atoms with Crippen LogP contribution in [0.2, 0.25) is 5.02 Å². The van der Waals surface area contributed by atoms with E-state index < -0.39 is 21.7 Å². The molecule has 3 nitrogen and oxygen atoms in total. The minimum atomic E-state index is -3.30. The van der Waals surface area contributed by atoms with Gasteiger partial charge in [-0.3, -0.25) is 0 Å². The van der Waals surface area contributed by atoms with Crippen LogP contribution in [0.15, 0.2) is 45.8 Å². The number of hydrogen-bond donors (Lipinski definition) is 1. The van der Waals surface area contributed by atoms with Gasteiger partial charge < -0.3 is 5.32 Å². The zero-order valence-corrected chi connectivity index (χ0v) is 13.8. The molecular weight excluding hydrogens is 381 g/mol. The molecule has 0 aromatic heterocycles. The first-order valence-corrected chi connectivity index (χ1v) is 8.93. The summed E-state index contributed by atoms with van der Waals surface area (Å²) >= 11 is 9.27. The van der Waals surface area contributed by atoms with Crippen molar-refractivity contribution in [3.63, 3.8) is 0 Å². The van der Waals surface area contributed by atoms with Crippen LogP contribution in [0.5, 0.6) is 0 Å². The molecule has 1 heterocycles. The van der Waals surface area contributed by atoms with E-state index in [-0.39, 0.29) is 10.8 Å². The highest BCUT2D eigenvalue weighted by Crippen LogP contribution is 2.39. The molecule has 0 fully saturated rings. The molecule has 1 aliphatic rings. The molecule has 0 spiro atoms. The van der Waals surface area contributed by atoms with Gasteiger partial charge in [-0.2, -0.15) is 0 Å². The molecule has 2 aromatic carbocycles. The van der Waals surface area contributed by atoms with Crippen LogP contribution in [0.25, 0.3) is 0 Å². The SMILES string of the molecule is O=S1(=O)CC(Nc2c(Cl)cc(F)cc2Br)c2ccccc21. The fourth-order valence-corrected chi connectivity index (χ4v) is 5.08. The second-order valence-corrected chi connectivity index (χ2v) is 8.02. The molecule has 3 rings (SSSR count). The molecule has 0 amide bonds. The van der Waals surface area contributed by atoms with Crippen LogP contribution in [-0.2, 0) is 9.84 Å². The molecular formula is C14H10BrClFNO2S. The number of halogens is 3. The molecule has 0 saturated carbocycles. The van der Waals surface area contributed by atoms with Crippen molar-refractivity contribution in [1.82, 2.24) is 0 Å². The maximum Gasteiger partial charge on any atom is 0.181 e. The lowest BCUT2D eigenvalue weighted by Crippen LogP contribution is -2.13. The van der Waals surface area contributed by atoms with Gasteiger partial charge in [-0.15, -0.1) is 0 Å². The summed E-state index contributed by atoms with van der Waals surface area (Å²) in [7, 11) is -3.30. The minimum Gasteiger partial charge on any atom is -0.375 e. The van der Waals surface area contributed by atoms with Crippen molar-refractivity contribution >= 4 is 43.1 Å². The van der Waals surface area contributed by atoms with Crippen LogP contribution < -0.4 is 5.32 Å². The van der Waals surface area contributed by atoms with Gasteiger partial charge in [0.15, 0.2) is 9.84 Å². The van der Waals surface area contributed by atoms with Gasteiger partial charge in [0.1, 0.15) is 5.82 Å². The van der Waals surface area contributed by atoms with E-state index in [9.17, 15) is 12.8 Å². The van der Waals surface area contributed by atoms with Crippen LogP contribution in [0.1, 0.15) is 11.6 Å². The zero-order chi connectivity index (χ0) is 15.2. The van der Waals surface area contributed by atoms with E-state index in [1.807, 2.05) is 0 Å². The van der Waals surface area contributed by atoms with E-state index in [0.29, 0.717) is 20.6 Å². The molecule has 0 aliphatic carbocycles. The molecule has 2 aromatic rings. The number of rotatable bonds is 2. The van der Waals surface area contributed by atoms with Crippen LogP contribution in [-0.4, -0.2) is 14.2 Å². The second-order valence-electron chi connectivity index (χ2n) is 4.76. The third-order valence-corrected chi connectivity index (χ3v) is 6.08. The van der Waals surface area contributed by atoms with E-state index in [1.165, 1.54) is 12.1 Å². The van der Waals surface area contributed by atoms with Gasteiger partial charge >= 0.3 is 0 Å². The highest BCUT2D eigenvalue weighted by atomic mass is 79.9. The van der Waals surface area contributed by atoms with Gasteiger partial charge in [0.2, 0.25) is 0 Å². The summed E-state index contributed by atoms with van der Waals surface area (Å²) in [5.41, 5.74) is 1.18. The molecule has 110 valence electrons. The van der Waals surface area contributed by atoms with Crippen LogP contribution in [0.4, 0.5) is 10.1 Å². The Morgan fingerprint density at radius 2 is 2.00 bits per heavy atom. The third-order valence-electron chi connectivity index (χ3n) is 3.34. The Bertz CT molecular complexity index is 802. The molecule has 0 saturated heterocycles. The number of anilines is 1. The summed E-state index contributed by atoms with van der Waals surface area (Å²) in [6.07, 6.45) is 0. The standard InChI is InChI=1S/C14H10BrClFNO2S/c15-10-5-8(17)6-11(16)14(10)18-12-7-21(19,20)13-4-2-1-3-9(12)13/h1-6,12,18H,7H2. The normalized spacial score (nSPS) is 19.3. The second kappa shape index (κ2) is 5.26. The Morgan fingerprint density at radius 3 is 2.71 bits per heavy atom. The van der Waals surface area contributed by atoms with Gasteiger partial charge in [0, 0.05) is 4.47 Å². The monoisotopic (exact) mass is 389 g/mol. The summed E-state index contributed by atoms with van der Waals surface area (Å²) in [6, 6.07) is 8.89. The molecule has 7 heteroatoms. The topological polar surface area (TPSA) is 46.2 Å². The fraction of sp³-hybridized carbons (Fsp3) is 0.143. The zero-order valence-electron chi connectivity index (χ0n) is 10.6. The number of benzene rings is 2. The quantitative estimate of drug-likeness (QED) is 0.836. The van der Waals surface area contributed by atoms with Crippen LogP contribution in [0, 0.1) is 5.82 Å². The smallest absolute Gasteiger partial charge is 0.181 e. The first-order chi connectivity index (χ1) is 9.88. The van der Waals surface area contributed by atoms with E-state index in [2.05, 4.69) is 21.2 Å². The largest absolute Gasteiger partial charge is 0.375 e. The third kappa shape index (κ3) is 2.67. The summed E-state index contributed by atoms with van der Waals surface area (Å²) in [6.45, 7) is 0. The number of hydrogen-bond acceptors (Lipinski definition) is 3. The van der Waals surface area contributed by atoms with Crippen LogP contribution >= 0.6 is 27.5 Å². The molecule has 1 aliphatic heterocycles. The summed E-state index contributed by atoms with van der Waals surface area (Å²) in [4.78, 5) is 0.330. The summed E-state index contributed by atoms with van der Waals surface area (Å²) in [5.74, 6) is -0.510. The number of fused-ring (bicyclic) bond motifs is 1. The van der Waals surface area contributed by atoms with Gasteiger partial charge in [0.05, 0.1) is 27.4 Å². The van der Waals surface area contributed by atoms with Crippen molar-refractivity contribution in [2.45, 2.75) is 10.9 Å². The lowest BCUT2D eigenvalue weighted by Gasteiger charge is -2.17. The maximum absolute atomic E-state index is 13.2. The van der Waals surface area contributed by atoms with Crippen molar-refractivity contribution in [3.8, 4) is 0 Å². The molecule has 0 radical (unpaired) electrons. The van der Waals surface area contributed by atoms with Gasteiger partial charge in [0.25, 0.3) is 0 Å². The Labute approximate surface area is 135 Å². The van der Waals surface area contributed by atoms with E-state index in [4.69, 9.17) is 11.6 Å². The van der Waals surface area contributed by atoms with Crippen molar-refractivity contribution in [3.05, 3.63) is 57.3 Å². The summed E-state index contributed by atoms with van der Waals surface area (Å²) in [5, 5.41) is 3.29. The molecule has 21 heavy (non-hydrogen) atoms. The van der Waals surface area contributed by atoms with Gasteiger partial charge in [-0.25, -0.2) is 12.8 Å². The average Bonchev–Trinajstić information content (AvgIpc) is 2.66. The Morgan fingerprint density at radius 1 is 1.29 bits per heavy atom. The van der Waals surface area contributed by atoms with Gasteiger partial charge in [-0.05, 0) is 39.7 Å². The lowest BCUT2D eigenvalue weighted by atomic mass is 10.1. The van der Waals surface area contributed by atoms with Crippen LogP contribution in [0.3, 0.4) is 0 Å². The Hall–Kier alpha value is -1.11. The first-order valence-electron chi connectivity index (χ1n) is 6.11. The van der Waals surface area contributed by atoms with Crippen molar-refractivity contribution in [1.29, 1.82) is 0 Å². The predicted octanol–water partition coefficient (Wildman–Crippen LogP) is 4.18. The minimum absolute atomic E-state index is 0.0491. The van der Waals surface area contributed by atoms with Gasteiger partial charge in [-0.1, -0.05) is 29.8 Å². The maximum atomic E-state index is 13.2. The first kappa shape index (κ1) is 14.8. The Kier molecular flexibility index (Phi) is 3.71. The molecule has 0 bridgehead atoms. The van der Waals surface area contributed by atoms with E-state index in [1.54, 1.807) is 24.3 Å². The average molecular weight is 391 g/mol. The van der Waals surface area contributed by atoms with Crippen molar-refractivity contribution in [2.75, 3.05) is 11.1 Å². The molecule has 1 atom stereocenters. The van der Waals surface area contributed by atoms with Crippen molar-refractivity contribution in [2.24, 2.45) is 0 Å². The number of nitrogens with one attached hydrogen (secondary N) is 1. The Balaban J connectivity index is 2.02. The van der Waals surface area contributed by atoms with E-state index >= 15 is 0 Å². The molecule has 1 unspecified atom stereocenters. The fourth-order valence-electron chi connectivity index (χ4n) is 2.42. The number of sulfone groups is 1. The highest BCUT2D eigenvalue weighted by molar-refractivity contribution is 9.10. The van der Waals surface area contributed by atoms with E-state index in [0.717, 1.165) is 0 Å². The molecule has 1 N–H and O–H groups in total. The lowest BCUT2D eigenvalue weighted by molar-refractivity contribution is 0.598. The van der Waals surface area contributed by atoms with Crippen molar-refractivity contribution < 1.29 is 12.8 Å². The highest BCUT2D eigenvalue weighted by Gasteiger charge is 2.34. The predicted molar refractivity (Wildman–Crippen MR) is 84.0 cm³/mol.